The van der Waals surface area contributed by atoms with Crippen molar-refractivity contribution in [3.8, 4) is 22.8 Å². The van der Waals surface area contributed by atoms with Crippen LogP contribution in [0.3, 0.4) is 0 Å². The second-order valence-corrected chi connectivity index (χ2v) is 10.0. The van der Waals surface area contributed by atoms with Crippen molar-refractivity contribution in [2.75, 3.05) is 4.93 Å². The topological polar surface area (TPSA) is 70.8 Å². The monoisotopic (exact) mass is 598 g/mol. The van der Waals surface area contributed by atoms with Crippen LogP contribution >= 0.6 is 0 Å². The molecule has 3 aromatic carbocycles. The first-order chi connectivity index (χ1) is 17.5. The number of carbonyl (C=O) groups is 1. The summed E-state index contributed by atoms with van der Waals surface area (Å²) in [6, 6.07) is 25.5. The van der Waals surface area contributed by atoms with Crippen molar-refractivity contribution in [3.05, 3.63) is 101 Å². The van der Waals surface area contributed by atoms with Gasteiger partial charge in [0.1, 0.15) is 0 Å². The molecule has 0 atom stereocenters. The number of hydrogen-bond donors (Lipinski definition) is 0. The maximum absolute atomic E-state index is 12.2. The first-order valence-corrected chi connectivity index (χ1v) is 14.8. The van der Waals surface area contributed by atoms with Crippen molar-refractivity contribution in [1.82, 2.24) is 5.16 Å². The van der Waals surface area contributed by atoms with E-state index in [4.69, 9.17) is 17.1 Å². The van der Waals surface area contributed by atoms with Crippen LogP contribution in [-0.2, 0) is 22.7 Å². The SMILES string of the molecule is C[I-]OC(=O)c1cc(-c2cc(CC(C)C)c(OCc3ccccc3)cc2OCc2ccccc2)on1. The third-order valence-electron chi connectivity index (χ3n) is 5.40. The van der Waals surface area contributed by atoms with E-state index in [1.54, 1.807) is 6.07 Å². The van der Waals surface area contributed by atoms with Crippen LogP contribution in [-0.4, -0.2) is 16.1 Å². The average Bonchev–Trinajstić information content (AvgIpc) is 3.38. The molecule has 0 bridgehead atoms. The Morgan fingerprint density at radius 3 is 2.08 bits per heavy atom. The quantitative estimate of drug-likeness (QED) is 0.195. The Labute approximate surface area is 222 Å². The van der Waals surface area contributed by atoms with Crippen molar-refractivity contribution in [1.29, 1.82) is 0 Å². The molecule has 0 spiro atoms. The molecule has 4 aromatic rings. The van der Waals surface area contributed by atoms with Crippen LogP contribution in [0.5, 0.6) is 11.5 Å². The van der Waals surface area contributed by atoms with Gasteiger partial charge in [-0.3, -0.25) is 0 Å². The zero-order chi connectivity index (χ0) is 25.3. The molecular weight excluding hydrogens is 569 g/mol. The second kappa shape index (κ2) is 12.6. The van der Waals surface area contributed by atoms with Gasteiger partial charge in [-0.2, -0.15) is 0 Å². The molecule has 0 saturated heterocycles. The van der Waals surface area contributed by atoms with Crippen molar-refractivity contribution in [2.24, 2.45) is 5.92 Å². The summed E-state index contributed by atoms with van der Waals surface area (Å²) in [5, 5.41) is 3.94. The Kier molecular flexibility index (Phi) is 9.00. The van der Waals surface area contributed by atoms with Crippen molar-refractivity contribution >= 4 is 5.97 Å². The summed E-state index contributed by atoms with van der Waals surface area (Å²) in [5.74, 6) is 1.72. The van der Waals surface area contributed by atoms with Gasteiger partial charge in [0.15, 0.2) is 0 Å². The predicted octanol–water partition coefficient (Wildman–Crippen LogP) is 3.49. The zero-order valence-electron chi connectivity index (χ0n) is 20.6. The number of benzene rings is 3. The molecule has 0 unspecified atom stereocenters. The Morgan fingerprint density at radius 2 is 1.50 bits per heavy atom. The summed E-state index contributed by atoms with van der Waals surface area (Å²) in [7, 11) is 0. The summed E-state index contributed by atoms with van der Waals surface area (Å²) < 4.78 is 23.3. The number of rotatable bonds is 11. The normalized spacial score (nSPS) is 11.0. The molecule has 0 amide bonds. The number of nitrogens with zero attached hydrogens (tertiary/aromatic N) is 1. The minimum absolute atomic E-state index is 0.148. The van der Waals surface area contributed by atoms with E-state index in [9.17, 15) is 4.79 Å². The van der Waals surface area contributed by atoms with Crippen molar-refractivity contribution < 1.29 is 43.5 Å². The minimum atomic E-state index is -0.660. The Balaban J connectivity index is 1.71. The van der Waals surface area contributed by atoms with E-state index < -0.39 is 27.6 Å². The molecule has 6 nitrogen and oxygen atoms in total. The van der Waals surface area contributed by atoms with Gasteiger partial charge in [0.25, 0.3) is 0 Å². The summed E-state index contributed by atoms with van der Waals surface area (Å²) in [4.78, 5) is 14.1. The van der Waals surface area contributed by atoms with Crippen LogP contribution < -0.4 is 31.1 Å². The average molecular weight is 598 g/mol. The Hall–Kier alpha value is -3.33. The molecule has 1 heterocycles. The molecule has 36 heavy (non-hydrogen) atoms. The van der Waals surface area contributed by atoms with Gasteiger partial charge in [-0.25, -0.2) is 0 Å². The fourth-order valence-electron chi connectivity index (χ4n) is 3.73. The molecule has 0 aliphatic carbocycles. The van der Waals surface area contributed by atoms with Crippen LogP contribution in [0.15, 0.2) is 83.4 Å². The zero-order valence-corrected chi connectivity index (χ0v) is 22.7. The summed E-state index contributed by atoms with van der Waals surface area (Å²) in [6.45, 7) is 5.15. The van der Waals surface area contributed by atoms with E-state index in [1.807, 2.05) is 77.7 Å². The standard InChI is InChI=1S/C29H29INO5/c1-20(2)14-23-15-24(28-16-25(31-36-28)29(32)35-30-3)27(34-19-22-12-8-5-9-13-22)17-26(23)33-18-21-10-6-4-7-11-21/h4-13,15-17,20H,14,18-19H2,1-3H3/q-1. The Bertz CT molecular complexity index is 1270. The van der Waals surface area contributed by atoms with Crippen LogP contribution in [0.2, 0.25) is 0 Å². The molecule has 7 heteroatoms. The van der Waals surface area contributed by atoms with Crippen LogP contribution in [0, 0.1) is 5.92 Å². The van der Waals surface area contributed by atoms with E-state index in [1.165, 1.54) is 0 Å². The Morgan fingerprint density at radius 1 is 0.889 bits per heavy atom. The van der Waals surface area contributed by atoms with Gasteiger partial charge in [0.05, 0.1) is 0 Å². The van der Waals surface area contributed by atoms with Crippen LogP contribution in [0.1, 0.15) is 41.0 Å². The molecule has 0 fully saturated rings. The third-order valence-corrected chi connectivity index (χ3v) is 6.24. The van der Waals surface area contributed by atoms with Crippen LogP contribution in [0.25, 0.3) is 11.3 Å². The summed E-state index contributed by atoms with van der Waals surface area (Å²) in [6.07, 6.45) is 0.805. The van der Waals surface area contributed by atoms with Crippen molar-refractivity contribution in [3.63, 3.8) is 0 Å². The second-order valence-electron chi connectivity index (χ2n) is 8.70. The third kappa shape index (κ3) is 6.87. The molecular formula is C29H29INO5-. The fraction of sp³-hybridized carbons (Fsp3) is 0.241. The molecule has 0 N–H and O–H groups in total. The fourth-order valence-corrected chi connectivity index (χ4v) is 4.36. The van der Waals surface area contributed by atoms with Gasteiger partial charge in [-0.1, -0.05) is 36.4 Å². The maximum atomic E-state index is 12.2. The molecule has 0 aliphatic heterocycles. The van der Waals surface area contributed by atoms with Gasteiger partial charge in [0.2, 0.25) is 0 Å². The first-order valence-electron chi connectivity index (χ1n) is 11.7. The number of halogens is 1. The molecule has 188 valence electrons. The number of ether oxygens (including phenoxy) is 2. The van der Waals surface area contributed by atoms with Gasteiger partial charge < -0.3 is 0 Å². The number of carbonyl (C=O) groups excluding carboxylic acids is 1. The number of hydrogen-bond acceptors (Lipinski definition) is 6. The number of alkyl halides is 1. The van der Waals surface area contributed by atoms with E-state index in [2.05, 4.69) is 19.0 Å². The van der Waals surface area contributed by atoms with Crippen LogP contribution in [0.4, 0.5) is 0 Å². The molecule has 0 saturated carbocycles. The van der Waals surface area contributed by atoms with Crippen molar-refractivity contribution in [2.45, 2.75) is 33.5 Å². The molecule has 0 aliphatic rings. The van der Waals surface area contributed by atoms with E-state index >= 15 is 0 Å². The van der Waals surface area contributed by atoms with E-state index in [-0.39, 0.29) is 5.69 Å². The van der Waals surface area contributed by atoms with E-state index in [0.29, 0.717) is 36.2 Å². The summed E-state index contributed by atoms with van der Waals surface area (Å²) in [5.41, 5.74) is 4.01. The van der Waals surface area contributed by atoms with Gasteiger partial charge in [-0.15, -0.1) is 0 Å². The van der Waals surface area contributed by atoms with Gasteiger partial charge in [0, 0.05) is 0 Å². The van der Waals surface area contributed by atoms with Gasteiger partial charge >= 0.3 is 187 Å². The van der Waals surface area contributed by atoms with E-state index in [0.717, 1.165) is 28.9 Å². The molecule has 1 aromatic heterocycles. The predicted molar refractivity (Wildman–Crippen MR) is 133 cm³/mol. The molecule has 4 rings (SSSR count). The first kappa shape index (κ1) is 25.8. The molecule has 0 radical (unpaired) electrons. The van der Waals surface area contributed by atoms with Gasteiger partial charge in [-0.05, 0) is 0 Å². The summed E-state index contributed by atoms with van der Waals surface area (Å²) >= 11 is -0.660. The number of aromatic nitrogens is 1.